The Morgan fingerprint density at radius 3 is 0.763 bits per heavy atom. The van der Waals surface area contributed by atoms with E-state index in [2.05, 4.69) is 205 Å². The average molecular weight is 1270 g/mol. The smallest absolute Gasteiger partial charge is 0.338 e. The first-order valence-corrected chi connectivity index (χ1v) is 31.7. The van der Waals surface area contributed by atoms with Crippen LogP contribution in [-0.4, -0.2) is 31.3 Å². The van der Waals surface area contributed by atoms with Crippen molar-refractivity contribution in [2.75, 3.05) is 16.9 Å². The maximum absolute atomic E-state index is 13.5. The van der Waals surface area contributed by atoms with Crippen molar-refractivity contribution >= 4 is 58.3 Å². The molecular formula is C87H68N2O8. The fraction of sp³-hybridized carbons (Fsp3) is 0.0575. The summed E-state index contributed by atoms with van der Waals surface area (Å²) in [7, 11) is 1.67. The summed E-state index contributed by atoms with van der Waals surface area (Å²) in [4.78, 5) is 53.5. The van der Waals surface area contributed by atoms with Crippen molar-refractivity contribution in [3.63, 3.8) is 0 Å². The van der Waals surface area contributed by atoms with E-state index in [4.69, 9.17) is 18.9 Å². The number of esters is 3. The number of methoxy groups -OCH3 is 1. The molecule has 0 heterocycles. The summed E-state index contributed by atoms with van der Waals surface area (Å²) < 4.78 is 22.1. The number of benzene rings is 12. The van der Waals surface area contributed by atoms with Crippen LogP contribution in [0.4, 0.5) is 34.1 Å². The number of rotatable bonds is 22. The lowest BCUT2D eigenvalue weighted by atomic mass is 10.0. The van der Waals surface area contributed by atoms with Gasteiger partial charge in [-0.25, -0.2) is 14.4 Å². The lowest BCUT2D eigenvalue weighted by Gasteiger charge is -2.26. The minimum Gasteiger partial charge on any atom is -0.497 e. The van der Waals surface area contributed by atoms with E-state index in [0.29, 0.717) is 46.0 Å². The molecule has 12 aromatic rings. The Bertz CT molecular complexity index is 4700. The summed E-state index contributed by atoms with van der Waals surface area (Å²) in [6, 6.07) is 96.9. The van der Waals surface area contributed by atoms with E-state index in [1.54, 1.807) is 52.1 Å². The first-order chi connectivity index (χ1) is 47.2. The SMILES string of the molecule is C=C(C)C(=O)Oc1ccc(-c2ccc(N(c3ccc(-c4ccc(OC(=O)C(=C)C)cc4)cc3)c3ccc(-c4ccc(OC(=O)C(C)=CCc5ccc(-c6ccc(N(c7ccc(-c8ccc(C=O)cc8)cc7)c7ccc(-c8ccc(OC)cc8)cc7)cc6)cc5)cc4)cc3)cc2)cc1. The van der Waals surface area contributed by atoms with E-state index in [1.807, 2.05) is 91.0 Å². The van der Waals surface area contributed by atoms with Crippen LogP contribution in [0.2, 0.25) is 0 Å². The Labute approximate surface area is 565 Å². The van der Waals surface area contributed by atoms with E-state index in [9.17, 15) is 19.2 Å². The van der Waals surface area contributed by atoms with Gasteiger partial charge in [0.25, 0.3) is 0 Å². The maximum Gasteiger partial charge on any atom is 0.338 e. The number of carbonyl (C=O) groups excluding carboxylic acids is 4. The van der Waals surface area contributed by atoms with Crippen molar-refractivity contribution < 1.29 is 38.1 Å². The molecule has 0 atom stereocenters. The van der Waals surface area contributed by atoms with Gasteiger partial charge in [-0.05, 0) is 221 Å². The molecule has 0 spiro atoms. The van der Waals surface area contributed by atoms with Crippen molar-refractivity contribution in [3.8, 4) is 89.8 Å². The van der Waals surface area contributed by atoms with Gasteiger partial charge in [-0.15, -0.1) is 0 Å². The van der Waals surface area contributed by atoms with Crippen molar-refractivity contribution in [1.29, 1.82) is 0 Å². The minimum atomic E-state index is -0.470. The molecule has 474 valence electrons. The largest absolute Gasteiger partial charge is 0.497 e. The first kappa shape index (κ1) is 64.4. The van der Waals surface area contributed by atoms with E-state index >= 15 is 0 Å². The zero-order chi connectivity index (χ0) is 67.4. The molecule has 0 aliphatic heterocycles. The highest BCUT2D eigenvalue weighted by atomic mass is 16.5. The number of carbonyl (C=O) groups is 4. The predicted molar refractivity (Wildman–Crippen MR) is 391 cm³/mol. The van der Waals surface area contributed by atoms with Crippen molar-refractivity contribution in [2.24, 2.45) is 0 Å². The standard InChI is InChI=1S/C87H68N2O8/c1-58(2)85(91)95-82-51-31-72(32-52-82)68-23-43-78(44-24-68)89(79-45-25-69(26-46-79)73-33-53-83(54-34-73)96-86(92)59(3)4)80-47-27-70(28-48-80)74-35-55-84(56-36-74)97-87(93)60(5)7-8-61-9-13-63(14-10-61)65-17-37-75(38-18-65)88(76-39-19-66(20-40-76)64-15-11-62(57-90)12-16-64)77-41-21-67(22-42-77)71-29-49-81(94-6)50-30-71/h7,9-57H,1,3,8H2,2,4-6H3. The summed E-state index contributed by atoms with van der Waals surface area (Å²) in [5.74, 6) is 0.783. The molecular weight excluding hydrogens is 1200 g/mol. The van der Waals surface area contributed by atoms with Crippen LogP contribution in [0.1, 0.15) is 36.7 Å². The Hall–Kier alpha value is -12.7. The van der Waals surface area contributed by atoms with Gasteiger partial charge >= 0.3 is 17.9 Å². The Morgan fingerprint density at radius 1 is 0.309 bits per heavy atom. The van der Waals surface area contributed by atoms with Gasteiger partial charge < -0.3 is 28.7 Å². The maximum atomic E-state index is 13.5. The molecule has 12 rings (SSSR count). The molecule has 10 heteroatoms. The van der Waals surface area contributed by atoms with Gasteiger partial charge in [-0.1, -0.05) is 189 Å². The van der Waals surface area contributed by atoms with Crippen LogP contribution in [0.3, 0.4) is 0 Å². The first-order valence-electron chi connectivity index (χ1n) is 31.7. The number of hydrogen-bond acceptors (Lipinski definition) is 10. The van der Waals surface area contributed by atoms with Gasteiger partial charge in [0, 0.05) is 56.4 Å². The van der Waals surface area contributed by atoms with E-state index in [0.717, 1.165) is 118 Å². The molecule has 12 aromatic carbocycles. The molecule has 0 bridgehead atoms. The summed E-state index contributed by atoms with van der Waals surface area (Å²) in [5.41, 5.74) is 20.9. The summed E-state index contributed by atoms with van der Waals surface area (Å²) in [6.45, 7) is 12.4. The average Bonchev–Trinajstić information content (AvgIpc) is 0.959. The van der Waals surface area contributed by atoms with Crippen molar-refractivity contribution in [2.45, 2.75) is 27.2 Å². The fourth-order valence-corrected chi connectivity index (χ4v) is 11.2. The second-order valence-corrected chi connectivity index (χ2v) is 23.5. The number of hydrogen-bond donors (Lipinski definition) is 0. The van der Waals surface area contributed by atoms with Gasteiger partial charge in [0.2, 0.25) is 0 Å². The molecule has 0 radical (unpaired) electrons. The van der Waals surface area contributed by atoms with Gasteiger partial charge in [0.05, 0.1) is 7.11 Å². The molecule has 0 aliphatic carbocycles. The predicted octanol–water partition coefficient (Wildman–Crippen LogP) is 21.5. The zero-order valence-corrected chi connectivity index (χ0v) is 54.1. The number of anilines is 6. The third kappa shape index (κ3) is 15.5. The number of aldehydes is 1. The molecule has 10 nitrogen and oxygen atoms in total. The highest BCUT2D eigenvalue weighted by Crippen LogP contribution is 2.41. The molecule has 0 aromatic heterocycles. The molecule has 0 aliphatic rings. The van der Waals surface area contributed by atoms with Gasteiger partial charge in [0.15, 0.2) is 0 Å². The van der Waals surface area contributed by atoms with Crippen molar-refractivity contribution in [1.82, 2.24) is 0 Å². The van der Waals surface area contributed by atoms with E-state index < -0.39 is 17.9 Å². The van der Waals surface area contributed by atoms with Crippen LogP contribution in [-0.2, 0) is 20.8 Å². The topological polar surface area (TPSA) is 112 Å². The zero-order valence-electron chi connectivity index (χ0n) is 54.1. The molecule has 0 saturated heterocycles. The monoisotopic (exact) mass is 1270 g/mol. The van der Waals surface area contributed by atoms with E-state index in [-0.39, 0.29) is 0 Å². The molecule has 0 amide bonds. The Balaban J connectivity index is 0.699. The summed E-state index contributed by atoms with van der Waals surface area (Å²) in [6.07, 6.45) is 3.31. The van der Waals surface area contributed by atoms with E-state index in [1.165, 1.54) is 0 Å². The number of ether oxygens (including phenoxy) is 4. The van der Waals surface area contributed by atoms with Gasteiger partial charge in [0.1, 0.15) is 29.3 Å². The lowest BCUT2D eigenvalue weighted by molar-refractivity contribution is -0.131. The molecule has 0 fully saturated rings. The number of nitrogens with zero attached hydrogens (tertiary/aromatic N) is 2. The van der Waals surface area contributed by atoms with Gasteiger partial charge in [-0.2, -0.15) is 0 Å². The Morgan fingerprint density at radius 2 is 0.526 bits per heavy atom. The Kier molecular flexibility index (Phi) is 19.6. The third-order valence-corrected chi connectivity index (χ3v) is 16.7. The third-order valence-electron chi connectivity index (χ3n) is 16.7. The molecule has 0 unspecified atom stereocenters. The normalized spacial score (nSPS) is 11.0. The second-order valence-electron chi connectivity index (χ2n) is 23.5. The molecule has 0 N–H and O–H groups in total. The lowest BCUT2D eigenvalue weighted by Crippen LogP contribution is -2.10. The number of allylic oxidation sites excluding steroid dienone is 1. The van der Waals surface area contributed by atoms with Crippen LogP contribution in [0.5, 0.6) is 23.0 Å². The van der Waals surface area contributed by atoms with Crippen LogP contribution in [0.15, 0.2) is 327 Å². The minimum absolute atomic E-state index is 0.327. The highest BCUT2D eigenvalue weighted by molar-refractivity contribution is 5.91. The van der Waals surface area contributed by atoms with Gasteiger partial charge in [-0.3, -0.25) is 4.79 Å². The van der Waals surface area contributed by atoms with Crippen LogP contribution in [0.25, 0.3) is 66.8 Å². The quantitative estimate of drug-likeness (QED) is 0.0281. The fourth-order valence-electron chi connectivity index (χ4n) is 11.2. The highest BCUT2D eigenvalue weighted by Gasteiger charge is 2.18. The second kappa shape index (κ2) is 29.5. The molecule has 0 saturated carbocycles. The van der Waals surface area contributed by atoms with Crippen LogP contribution >= 0.6 is 0 Å². The van der Waals surface area contributed by atoms with Crippen LogP contribution < -0.4 is 28.7 Å². The van der Waals surface area contributed by atoms with Crippen LogP contribution in [0, 0.1) is 0 Å². The summed E-state index contributed by atoms with van der Waals surface area (Å²) >= 11 is 0. The molecule has 97 heavy (non-hydrogen) atoms. The van der Waals surface area contributed by atoms with Crippen molar-refractivity contribution in [3.05, 3.63) is 338 Å². The summed E-state index contributed by atoms with van der Waals surface area (Å²) in [5, 5.41) is 0.